The number of carbonyl (C=O) groups excluding carboxylic acids is 1. The smallest absolute Gasteiger partial charge is 0.224 e. The molecule has 6 nitrogen and oxygen atoms in total. The van der Waals surface area contributed by atoms with Crippen LogP contribution in [0.1, 0.15) is 23.6 Å². The van der Waals surface area contributed by atoms with Crippen LogP contribution in [0.15, 0.2) is 30.3 Å². The molecule has 138 valence electrons. The molecule has 0 spiro atoms. The predicted molar refractivity (Wildman–Crippen MR) is 103 cm³/mol. The van der Waals surface area contributed by atoms with Gasteiger partial charge in [-0.2, -0.15) is 11.8 Å². The summed E-state index contributed by atoms with van der Waals surface area (Å²) in [6.45, 7) is 3.45. The minimum Gasteiger partial charge on any atom is -0.349 e. The summed E-state index contributed by atoms with van der Waals surface area (Å²) in [6, 6.07) is 10.5. The lowest BCUT2D eigenvalue weighted by Crippen LogP contribution is -2.37. The molecule has 2 aromatic rings. The molecule has 0 radical (unpaired) electrons. The summed E-state index contributed by atoms with van der Waals surface area (Å²) < 4.78 is 2.20. The highest BCUT2D eigenvalue weighted by molar-refractivity contribution is 7.99. The standard InChI is InChI=1S/C19H25N5OS/c25-19(12-15-4-2-1-3-5-15)20-13-18-22-21-17-6-8-23(9-10-24(17)18)16-7-11-26-14-16/h1-5,16H,6-14H2,(H,20,25). The van der Waals surface area contributed by atoms with E-state index in [1.54, 1.807) is 0 Å². The van der Waals surface area contributed by atoms with Gasteiger partial charge in [-0.3, -0.25) is 9.69 Å². The lowest BCUT2D eigenvalue weighted by atomic mass is 10.1. The Bertz CT molecular complexity index is 742. The van der Waals surface area contributed by atoms with Crippen LogP contribution in [0.5, 0.6) is 0 Å². The van der Waals surface area contributed by atoms with Crippen LogP contribution in [0.25, 0.3) is 0 Å². The van der Waals surface area contributed by atoms with E-state index in [4.69, 9.17) is 0 Å². The minimum atomic E-state index is 0.0202. The van der Waals surface area contributed by atoms with Gasteiger partial charge in [0, 0.05) is 37.8 Å². The Morgan fingerprint density at radius 2 is 2.08 bits per heavy atom. The summed E-state index contributed by atoms with van der Waals surface area (Å²) in [6.07, 6.45) is 2.63. The zero-order valence-electron chi connectivity index (χ0n) is 14.9. The molecule has 1 unspecified atom stereocenters. The quantitative estimate of drug-likeness (QED) is 0.863. The first-order valence-corrected chi connectivity index (χ1v) is 10.5. The lowest BCUT2D eigenvalue weighted by molar-refractivity contribution is -0.120. The van der Waals surface area contributed by atoms with Gasteiger partial charge < -0.3 is 9.88 Å². The van der Waals surface area contributed by atoms with Gasteiger partial charge in [-0.25, -0.2) is 0 Å². The number of fused-ring (bicyclic) bond motifs is 1. The molecule has 0 aliphatic carbocycles. The number of thioether (sulfide) groups is 1. The van der Waals surface area contributed by atoms with Crippen molar-refractivity contribution >= 4 is 17.7 Å². The van der Waals surface area contributed by atoms with E-state index in [1.807, 2.05) is 30.3 Å². The molecule has 1 N–H and O–H groups in total. The van der Waals surface area contributed by atoms with Crippen molar-refractivity contribution in [3.8, 4) is 0 Å². The van der Waals surface area contributed by atoms with Crippen LogP contribution < -0.4 is 5.32 Å². The first kappa shape index (κ1) is 17.5. The largest absolute Gasteiger partial charge is 0.349 e. The molecule has 26 heavy (non-hydrogen) atoms. The highest BCUT2D eigenvalue weighted by Gasteiger charge is 2.26. The molecule has 1 saturated heterocycles. The van der Waals surface area contributed by atoms with Crippen molar-refractivity contribution in [2.24, 2.45) is 0 Å². The van der Waals surface area contributed by atoms with E-state index in [9.17, 15) is 4.79 Å². The Morgan fingerprint density at radius 1 is 1.19 bits per heavy atom. The van der Waals surface area contributed by atoms with Gasteiger partial charge in [0.15, 0.2) is 5.82 Å². The van der Waals surface area contributed by atoms with Crippen molar-refractivity contribution in [3.63, 3.8) is 0 Å². The summed E-state index contributed by atoms with van der Waals surface area (Å²) in [5, 5.41) is 11.7. The van der Waals surface area contributed by atoms with Crippen LogP contribution in [0, 0.1) is 0 Å². The molecule has 0 bridgehead atoms. The van der Waals surface area contributed by atoms with Gasteiger partial charge in [-0.1, -0.05) is 30.3 Å². The number of carbonyl (C=O) groups is 1. The number of aromatic nitrogens is 3. The number of hydrogen-bond donors (Lipinski definition) is 1. The maximum Gasteiger partial charge on any atom is 0.224 e. The highest BCUT2D eigenvalue weighted by atomic mass is 32.2. The predicted octanol–water partition coefficient (Wildman–Crippen LogP) is 1.50. The fourth-order valence-corrected chi connectivity index (χ4v) is 4.98. The van der Waals surface area contributed by atoms with Crippen molar-refractivity contribution in [2.45, 2.75) is 38.4 Å². The summed E-state index contributed by atoms with van der Waals surface area (Å²) in [4.78, 5) is 14.8. The molecule has 2 aliphatic rings. The van der Waals surface area contributed by atoms with E-state index >= 15 is 0 Å². The van der Waals surface area contributed by atoms with Gasteiger partial charge >= 0.3 is 0 Å². The third kappa shape index (κ3) is 4.10. The second kappa shape index (κ2) is 8.22. The fraction of sp³-hybridized carbons (Fsp3) is 0.526. The van der Waals surface area contributed by atoms with Crippen molar-refractivity contribution in [1.29, 1.82) is 0 Å². The normalized spacial score (nSPS) is 20.5. The number of rotatable bonds is 5. The number of nitrogens with zero attached hydrogens (tertiary/aromatic N) is 4. The number of nitrogens with one attached hydrogen (secondary N) is 1. The van der Waals surface area contributed by atoms with E-state index < -0.39 is 0 Å². The minimum absolute atomic E-state index is 0.0202. The molecule has 0 saturated carbocycles. The number of benzene rings is 1. The van der Waals surface area contributed by atoms with Crippen molar-refractivity contribution in [3.05, 3.63) is 47.5 Å². The molecule has 1 aromatic carbocycles. The molecule has 4 rings (SSSR count). The first-order chi connectivity index (χ1) is 12.8. The van der Waals surface area contributed by atoms with Crippen molar-refractivity contribution in [1.82, 2.24) is 25.0 Å². The van der Waals surface area contributed by atoms with Crippen LogP contribution in [-0.2, 0) is 30.7 Å². The molecular weight excluding hydrogens is 346 g/mol. The Kier molecular flexibility index (Phi) is 5.55. The summed E-state index contributed by atoms with van der Waals surface area (Å²) in [5.74, 6) is 4.47. The number of amides is 1. The van der Waals surface area contributed by atoms with Gasteiger partial charge in [-0.15, -0.1) is 10.2 Å². The Labute approximate surface area is 158 Å². The maximum atomic E-state index is 12.2. The summed E-state index contributed by atoms with van der Waals surface area (Å²) >= 11 is 2.06. The molecule has 1 atom stereocenters. The van der Waals surface area contributed by atoms with Crippen molar-refractivity contribution in [2.75, 3.05) is 24.6 Å². The van der Waals surface area contributed by atoms with E-state index in [1.165, 1.54) is 17.9 Å². The average Bonchev–Trinajstić information content (AvgIpc) is 3.27. The summed E-state index contributed by atoms with van der Waals surface area (Å²) in [5.41, 5.74) is 1.02. The Hall–Kier alpha value is -1.86. The lowest BCUT2D eigenvalue weighted by Gasteiger charge is -2.26. The Balaban J connectivity index is 1.33. The third-order valence-electron chi connectivity index (χ3n) is 5.21. The van der Waals surface area contributed by atoms with Crippen LogP contribution in [-0.4, -0.2) is 56.2 Å². The zero-order chi connectivity index (χ0) is 17.8. The Morgan fingerprint density at radius 3 is 2.88 bits per heavy atom. The molecule has 1 aromatic heterocycles. The summed E-state index contributed by atoms with van der Waals surface area (Å²) in [7, 11) is 0. The van der Waals surface area contributed by atoms with Crippen LogP contribution in [0.3, 0.4) is 0 Å². The van der Waals surface area contributed by atoms with Gasteiger partial charge in [0.1, 0.15) is 5.82 Å². The second-order valence-corrected chi connectivity index (χ2v) is 8.08. The number of hydrogen-bond acceptors (Lipinski definition) is 5. The van der Waals surface area contributed by atoms with E-state index in [0.29, 0.717) is 19.0 Å². The van der Waals surface area contributed by atoms with Crippen LogP contribution in [0.2, 0.25) is 0 Å². The van der Waals surface area contributed by atoms with Crippen LogP contribution in [0.4, 0.5) is 0 Å². The van der Waals surface area contributed by atoms with E-state index in [0.717, 1.165) is 43.3 Å². The molecule has 1 amide bonds. The highest BCUT2D eigenvalue weighted by Crippen LogP contribution is 2.23. The average molecular weight is 372 g/mol. The van der Waals surface area contributed by atoms with Gasteiger partial charge in [0.25, 0.3) is 0 Å². The fourth-order valence-electron chi connectivity index (χ4n) is 3.73. The topological polar surface area (TPSA) is 63.1 Å². The van der Waals surface area contributed by atoms with E-state index in [-0.39, 0.29) is 5.91 Å². The zero-order valence-corrected chi connectivity index (χ0v) is 15.7. The molecule has 2 aliphatic heterocycles. The molecular formula is C19H25N5OS. The first-order valence-electron chi connectivity index (χ1n) is 9.33. The second-order valence-electron chi connectivity index (χ2n) is 6.93. The van der Waals surface area contributed by atoms with E-state index in [2.05, 4.69) is 36.7 Å². The maximum absolute atomic E-state index is 12.2. The SMILES string of the molecule is O=C(Cc1ccccc1)NCc1nnc2n1CCN(C1CCSC1)CC2. The molecule has 1 fully saturated rings. The van der Waals surface area contributed by atoms with Gasteiger partial charge in [0.2, 0.25) is 5.91 Å². The van der Waals surface area contributed by atoms with Gasteiger partial charge in [-0.05, 0) is 17.7 Å². The van der Waals surface area contributed by atoms with Crippen molar-refractivity contribution < 1.29 is 4.79 Å². The molecule has 3 heterocycles. The van der Waals surface area contributed by atoms with Gasteiger partial charge in [0.05, 0.1) is 13.0 Å². The third-order valence-corrected chi connectivity index (χ3v) is 6.36. The monoisotopic (exact) mass is 371 g/mol. The molecule has 7 heteroatoms. The van der Waals surface area contributed by atoms with Crippen LogP contribution >= 0.6 is 11.8 Å².